The number of Topliss-reactive ketones (excluding diaryl/α,β-unsaturated/α-hetero) is 1. The molecule has 0 saturated heterocycles. The summed E-state index contributed by atoms with van der Waals surface area (Å²) in [6.45, 7) is 12.4. The van der Waals surface area contributed by atoms with Crippen molar-refractivity contribution in [3.05, 3.63) is 0 Å². The normalized spacial score (nSPS) is 11.5. The van der Waals surface area contributed by atoms with E-state index < -0.39 is 5.97 Å². The SMILES string of the molecule is CCCCCCCCCCCCNC(C)C(C)=O.CCCCCCCCCCCCNCCC(=O)O.OCCN(CCO)CCO. The van der Waals surface area contributed by atoms with Gasteiger partial charge in [0.1, 0.15) is 5.78 Å². The van der Waals surface area contributed by atoms with Crippen molar-refractivity contribution in [2.24, 2.45) is 0 Å². The Morgan fingerprint density at radius 1 is 0.565 bits per heavy atom. The first kappa shape index (κ1) is 49.3. The van der Waals surface area contributed by atoms with E-state index in [0.717, 1.165) is 13.1 Å². The summed E-state index contributed by atoms with van der Waals surface area (Å²) in [4.78, 5) is 23.0. The number of carboxylic acid groups (broad SMARTS) is 1. The van der Waals surface area contributed by atoms with Crippen LogP contribution in [0, 0.1) is 0 Å². The lowest BCUT2D eigenvalue weighted by Crippen LogP contribution is -2.32. The number of aliphatic carboxylic acids is 1. The van der Waals surface area contributed by atoms with Crippen LogP contribution in [0.2, 0.25) is 0 Å². The van der Waals surface area contributed by atoms with Crippen LogP contribution in [0.25, 0.3) is 0 Å². The number of unbranched alkanes of at least 4 members (excludes halogenated alkanes) is 18. The average Bonchev–Trinajstić information content (AvgIpc) is 3.03. The predicted octanol–water partition coefficient (Wildman–Crippen LogP) is 6.71. The minimum atomic E-state index is -0.717. The highest BCUT2D eigenvalue weighted by Crippen LogP contribution is 2.11. The maximum atomic E-state index is 11.0. The van der Waals surface area contributed by atoms with Gasteiger partial charge < -0.3 is 31.1 Å². The Bertz CT molecular complexity index is 583. The Kier molecular flexibility index (Phi) is 47.0. The molecular formula is C37H79N3O6. The molecule has 9 heteroatoms. The number of ketones is 1. The lowest BCUT2D eigenvalue weighted by Gasteiger charge is -2.17. The summed E-state index contributed by atoms with van der Waals surface area (Å²) < 4.78 is 0. The number of aliphatic hydroxyl groups excluding tert-OH is 3. The third-order valence-electron chi connectivity index (χ3n) is 8.06. The van der Waals surface area contributed by atoms with Crippen LogP contribution in [0.3, 0.4) is 0 Å². The van der Waals surface area contributed by atoms with Gasteiger partial charge >= 0.3 is 5.97 Å². The standard InChI is InChI=1S/C16H33NO.C15H31NO2.C6H15NO3/c1-4-5-6-7-8-9-10-11-12-13-14-17-15(2)16(3)18;1-2-3-4-5-6-7-8-9-10-11-13-16-14-12-15(17)18;8-4-1-7(2-5-9)3-6-10/h15,17H,4-14H2,1-3H3;16H,2-14H2,1H3,(H,17,18);8-10H,1-6H2. The molecule has 0 aliphatic heterocycles. The van der Waals surface area contributed by atoms with Gasteiger partial charge in [-0.15, -0.1) is 0 Å². The lowest BCUT2D eigenvalue weighted by atomic mass is 10.1. The molecule has 0 saturated carbocycles. The monoisotopic (exact) mass is 662 g/mol. The molecule has 0 heterocycles. The second kappa shape index (κ2) is 43.9. The summed E-state index contributed by atoms with van der Waals surface area (Å²) in [6.07, 6.45) is 27.3. The van der Waals surface area contributed by atoms with Crippen molar-refractivity contribution in [1.82, 2.24) is 15.5 Å². The number of hydrogen-bond acceptors (Lipinski definition) is 8. The number of nitrogens with one attached hydrogen (secondary N) is 2. The van der Waals surface area contributed by atoms with Crippen molar-refractivity contribution in [2.75, 3.05) is 59.1 Å². The van der Waals surface area contributed by atoms with Gasteiger partial charge in [-0.25, -0.2) is 0 Å². The van der Waals surface area contributed by atoms with Crippen LogP contribution in [-0.2, 0) is 9.59 Å². The fourth-order valence-corrected chi connectivity index (χ4v) is 4.89. The molecule has 0 aromatic heterocycles. The van der Waals surface area contributed by atoms with Crippen molar-refractivity contribution in [3.8, 4) is 0 Å². The van der Waals surface area contributed by atoms with Gasteiger partial charge in [-0.3, -0.25) is 14.5 Å². The Hall–Kier alpha value is -1.10. The summed E-state index contributed by atoms with van der Waals surface area (Å²) in [5, 5.41) is 40.3. The zero-order valence-corrected chi connectivity index (χ0v) is 30.8. The van der Waals surface area contributed by atoms with Crippen LogP contribution >= 0.6 is 0 Å². The van der Waals surface area contributed by atoms with E-state index in [1.165, 1.54) is 128 Å². The number of carboxylic acids is 1. The first-order chi connectivity index (χ1) is 22.3. The minimum absolute atomic E-state index is 0.0311. The number of hydrogen-bond donors (Lipinski definition) is 6. The van der Waals surface area contributed by atoms with Crippen LogP contribution in [0.4, 0.5) is 0 Å². The quantitative estimate of drug-likeness (QED) is 0.0423. The maximum absolute atomic E-state index is 11.0. The molecule has 46 heavy (non-hydrogen) atoms. The Labute approximate surface area is 284 Å². The molecule has 0 aliphatic carbocycles. The molecule has 0 amide bonds. The number of carbonyl (C=O) groups excluding carboxylic acids is 1. The van der Waals surface area contributed by atoms with Gasteiger partial charge in [0.2, 0.25) is 0 Å². The van der Waals surface area contributed by atoms with Gasteiger partial charge in [0.05, 0.1) is 32.3 Å². The van der Waals surface area contributed by atoms with E-state index in [9.17, 15) is 9.59 Å². The number of nitrogens with zero attached hydrogens (tertiary/aromatic N) is 1. The maximum Gasteiger partial charge on any atom is 0.304 e. The fraction of sp³-hybridized carbons (Fsp3) is 0.946. The number of rotatable bonds is 33. The molecule has 1 atom stereocenters. The van der Waals surface area contributed by atoms with E-state index in [1.54, 1.807) is 11.8 Å². The van der Waals surface area contributed by atoms with Crippen molar-refractivity contribution in [3.63, 3.8) is 0 Å². The average molecular weight is 662 g/mol. The van der Waals surface area contributed by atoms with Gasteiger partial charge in [0.15, 0.2) is 0 Å². The van der Waals surface area contributed by atoms with Crippen LogP contribution in [0.1, 0.15) is 163 Å². The second-order valence-electron chi connectivity index (χ2n) is 12.6. The predicted molar refractivity (Wildman–Crippen MR) is 195 cm³/mol. The van der Waals surface area contributed by atoms with Gasteiger partial charge in [0, 0.05) is 26.2 Å². The Balaban J connectivity index is -0.000000630. The van der Waals surface area contributed by atoms with Crippen molar-refractivity contribution >= 4 is 11.8 Å². The Morgan fingerprint density at radius 3 is 1.24 bits per heavy atom. The molecule has 1 unspecified atom stereocenters. The van der Waals surface area contributed by atoms with Gasteiger partial charge in [-0.1, -0.05) is 129 Å². The number of carbonyl (C=O) groups is 2. The molecule has 0 radical (unpaired) electrons. The first-order valence-corrected chi connectivity index (χ1v) is 19.0. The highest BCUT2D eigenvalue weighted by molar-refractivity contribution is 5.80. The smallest absolute Gasteiger partial charge is 0.304 e. The second-order valence-corrected chi connectivity index (χ2v) is 12.6. The van der Waals surface area contributed by atoms with Gasteiger partial charge in [0.25, 0.3) is 0 Å². The molecule has 0 bridgehead atoms. The highest BCUT2D eigenvalue weighted by Gasteiger charge is 2.04. The zero-order chi connectivity index (χ0) is 34.9. The molecule has 0 aromatic carbocycles. The summed E-state index contributed by atoms with van der Waals surface area (Å²) in [7, 11) is 0. The minimum Gasteiger partial charge on any atom is -0.481 e. The van der Waals surface area contributed by atoms with E-state index in [1.807, 2.05) is 6.92 Å². The topological polar surface area (TPSA) is 142 Å². The van der Waals surface area contributed by atoms with Crippen LogP contribution in [0.5, 0.6) is 0 Å². The molecule has 6 N–H and O–H groups in total. The molecule has 0 aliphatic rings. The molecule has 9 nitrogen and oxygen atoms in total. The van der Waals surface area contributed by atoms with E-state index >= 15 is 0 Å². The van der Waals surface area contributed by atoms with E-state index in [-0.39, 0.29) is 38.1 Å². The summed E-state index contributed by atoms with van der Waals surface area (Å²) in [6, 6.07) is 0.0311. The van der Waals surface area contributed by atoms with Crippen molar-refractivity contribution in [2.45, 2.75) is 169 Å². The third-order valence-corrected chi connectivity index (χ3v) is 8.06. The summed E-state index contributed by atoms with van der Waals surface area (Å²) in [5.74, 6) is -0.479. The molecule has 0 spiro atoms. The largest absolute Gasteiger partial charge is 0.481 e. The van der Waals surface area contributed by atoms with E-state index in [4.69, 9.17) is 20.4 Å². The van der Waals surface area contributed by atoms with Crippen molar-refractivity contribution in [1.29, 1.82) is 0 Å². The van der Waals surface area contributed by atoms with Crippen molar-refractivity contribution < 1.29 is 30.0 Å². The highest BCUT2D eigenvalue weighted by atomic mass is 16.4. The molecule has 278 valence electrons. The van der Waals surface area contributed by atoms with E-state index in [0.29, 0.717) is 26.2 Å². The molecule has 0 fully saturated rings. The third kappa shape index (κ3) is 47.3. The molecule has 0 rings (SSSR count). The van der Waals surface area contributed by atoms with Crippen LogP contribution in [-0.4, -0.2) is 102 Å². The number of aliphatic hydroxyl groups is 3. The van der Waals surface area contributed by atoms with Crippen LogP contribution < -0.4 is 10.6 Å². The lowest BCUT2D eigenvalue weighted by molar-refractivity contribution is -0.136. The van der Waals surface area contributed by atoms with Gasteiger partial charge in [-0.05, 0) is 39.8 Å². The molecular weight excluding hydrogens is 582 g/mol. The zero-order valence-electron chi connectivity index (χ0n) is 30.8. The summed E-state index contributed by atoms with van der Waals surface area (Å²) in [5.41, 5.74) is 0. The van der Waals surface area contributed by atoms with E-state index in [2.05, 4.69) is 24.5 Å². The van der Waals surface area contributed by atoms with Crippen LogP contribution in [0.15, 0.2) is 0 Å². The fourth-order valence-electron chi connectivity index (χ4n) is 4.89. The first-order valence-electron chi connectivity index (χ1n) is 19.0. The summed E-state index contributed by atoms with van der Waals surface area (Å²) >= 11 is 0. The van der Waals surface area contributed by atoms with Gasteiger partial charge in [-0.2, -0.15) is 0 Å². The molecule has 0 aromatic rings. The Morgan fingerprint density at radius 2 is 0.913 bits per heavy atom.